The summed E-state index contributed by atoms with van der Waals surface area (Å²) in [5.74, 6) is 0.849. The fourth-order valence-corrected chi connectivity index (χ4v) is 1.89. The van der Waals surface area contributed by atoms with Crippen molar-refractivity contribution in [1.29, 1.82) is 0 Å². The quantitative estimate of drug-likeness (QED) is 0.748. The highest BCUT2D eigenvalue weighted by Gasteiger charge is 2.04. The minimum absolute atomic E-state index is 0.0963. The highest BCUT2D eigenvalue weighted by molar-refractivity contribution is 5.83. The molecular weight excluding hydrogens is 216 g/mol. The summed E-state index contributed by atoms with van der Waals surface area (Å²) >= 11 is 0. The van der Waals surface area contributed by atoms with Crippen molar-refractivity contribution < 1.29 is 9.52 Å². The second-order valence-corrected chi connectivity index (χ2v) is 3.87. The van der Waals surface area contributed by atoms with Crippen LogP contribution in [-0.4, -0.2) is 21.5 Å². The number of hydrogen-bond donors (Lipinski definition) is 1. The van der Waals surface area contributed by atoms with Crippen molar-refractivity contribution in [3.63, 3.8) is 0 Å². The lowest BCUT2D eigenvalue weighted by Crippen LogP contribution is -2.01. The zero-order valence-electron chi connectivity index (χ0n) is 9.21. The van der Waals surface area contributed by atoms with E-state index in [0.717, 1.165) is 22.2 Å². The smallest absolute Gasteiger partial charge is 0.133 e. The Morgan fingerprint density at radius 1 is 1.29 bits per heavy atom. The largest absolute Gasteiger partial charge is 0.464 e. The molecule has 17 heavy (non-hydrogen) atoms. The third-order valence-corrected chi connectivity index (χ3v) is 2.69. The molecule has 0 aliphatic rings. The van der Waals surface area contributed by atoms with Gasteiger partial charge in [0.1, 0.15) is 5.76 Å². The van der Waals surface area contributed by atoms with E-state index in [2.05, 4.69) is 5.10 Å². The molecule has 1 aromatic carbocycles. The van der Waals surface area contributed by atoms with Crippen LogP contribution in [0.15, 0.2) is 47.2 Å². The molecule has 0 saturated carbocycles. The highest BCUT2D eigenvalue weighted by Crippen LogP contribution is 2.24. The van der Waals surface area contributed by atoms with Gasteiger partial charge in [-0.05, 0) is 30.3 Å². The molecule has 86 valence electrons. The predicted molar refractivity (Wildman–Crippen MR) is 64.5 cm³/mol. The van der Waals surface area contributed by atoms with Gasteiger partial charge in [-0.25, -0.2) is 0 Å². The molecule has 2 aromatic heterocycles. The van der Waals surface area contributed by atoms with Crippen LogP contribution in [0.4, 0.5) is 0 Å². The van der Waals surface area contributed by atoms with Gasteiger partial charge in [0, 0.05) is 17.1 Å². The van der Waals surface area contributed by atoms with Gasteiger partial charge in [0.2, 0.25) is 0 Å². The Kier molecular flexibility index (Phi) is 2.42. The van der Waals surface area contributed by atoms with E-state index in [-0.39, 0.29) is 6.61 Å². The second kappa shape index (κ2) is 4.07. The van der Waals surface area contributed by atoms with Crippen LogP contribution in [0.2, 0.25) is 0 Å². The summed E-state index contributed by atoms with van der Waals surface area (Å²) in [4.78, 5) is 0. The van der Waals surface area contributed by atoms with Crippen LogP contribution in [0.25, 0.3) is 22.2 Å². The first-order chi connectivity index (χ1) is 8.36. The number of aliphatic hydroxyl groups excluding tert-OH is 1. The molecule has 0 fully saturated rings. The molecular formula is C13H12N2O2. The van der Waals surface area contributed by atoms with Crippen LogP contribution in [-0.2, 0) is 6.54 Å². The maximum atomic E-state index is 8.87. The van der Waals surface area contributed by atoms with E-state index in [9.17, 15) is 0 Å². The summed E-state index contributed by atoms with van der Waals surface area (Å²) in [5.41, 5.74) is 1.96. The first kappa shape index (κ1) is 10.1. The zero-order valence-corrected chi connectivity index (χ0v) is 9.21. The topological polar surface area (TPSA) is 51.2 Å². The molecule has 2 heterocycles. The summed E-state index contributed by atoms with van der Waals surface area (Å²) in [5, 5.41) is 14.3. The SMILES string of the molecule is OCCn1cc2cc(-c3ccco3)ccc2n1. The average molecular weight is 228 g/mol. The number of nitrogens with zero attached hydrogens (tertiary/aromatic N) is 2. The lowest BCUT2D eigenvalue weighted by Gasteiger charge is -1.95. The molecule has 0 atom stereocenters. The van der Waals surface area contributed by atoms with Crippen molar-refractivity contribution in [2.45, 2.75) is 6.54 Å². The minimum atomic E-state index is 0.0963. The molecule has 0 saturated heterocycles. The number of benzene rings is 1. The Labute approximate surface area is 98.1 Å². The number of furan rings is 1. The van der Waals surface area contributed by atoms with Crippen molar-refractivity contribution >= 4 is 10.9 Å². The monoisotopic (exact) mass is 228 g/mol. The summed E-state index contributed by atoms with van der Waals surface area (Å²) in [7, 11) is 0. The van der Waals surface area contributed by atoms with Gasteiger partial charge in [-0.15, -0.1) is 0 Å². The van der Waals surface area contributed by atoms with Gasteiger partial charge in [-0.3, -0.25) is 4.68 Å². The summed E-state index contributed by atoms with van der Waals surface area (Å²) in [6, 6.07) is 9.78. The first-order valence-electron chi connectivity index (χ1n) is 5.49. The third kappa shape index (κ3) is 1.83. The Morgan fingerprint density at radius 2 is 2.24 bits per heavy atom. The molecule has 1 N–H and O–H groups in total. The molecule has 0 bridgehead atoms. The molecule has 0 aliphatic heterocycles. The van der Waals surface area contributed by atoms with E-state index in [1.54, 1.807) is 10.9 Å². The van der Waals surface area contributed by atoms with Crippen LogP contribution in [0.1, 0.15) is 0 Å². The molecule has 0 amide bonds. The van der Waals surface area contributed by atoms with Gasteiger partial charge < -0.3 is 9.52 Å². The standard InChI is InChI=1S/C13H12N2O2/c16-6-5-15-9-11-8-10(3-4-12(11)14-15)13-2-1-7-17-13/h1-4,7-9,16H,5-6H2. The van der Waals surface area contributed by atoms with E-state index in [4.69, 9.17) is 9.52 Å². The van der Waals surface area contributed by atoms with E-state index in [0.29, 0.717) is 6.54 Å². The van der Waals surface area contributed by atoms with Gasteiger partial charge in [-0.1, -0.05) is 0 Å². The summed E-state index contributed by atoms with van der Waals surface area (Å²) < 4.78 is 7.10. The number of hydrogen-bond acceptors (Lipinski definition) is 3. The Bertz CT molecular complexity index is 626. The van der Waals surface area contributed by atoms with E-state index >= 15 is 0 Å². The fourth-order valence-electron chi connectivity index (χ4n) is 1.89. The molecule has 0 spiro atoms. The van der Waals surface area contributed by atoms with Gasteiger partial charge in [0.05, 0.1) is 24.9 Å². The predicted octanol–water partition coefficient (Wildman–Crippen LogP) is 2.29. The van der Waals surface area contributed by atoms with Gasteiger partial charge >= 0.3 is 0 Å². The summed E-state index contributed by atoms with van der Waals surface area (Å²) in [6.45, 7) is 0.615. The van der Waals surface area contributed by atoms with Crippen molar-refractivity contribution in [3.8, 4) is 11.3 Å². The van der Waals surface area contributed by atoms with E-state index in [1.807, 2.05) is 36.5 Å². The molecule has 3 rings (SSSR count). The number of rotatable bonds is 3. The van der Waals surface area contributed by atoms with Crippen molar-refractivity contribution in [2.24, 2.45) is 0 Å². The van der Waals surface area contributed by atoms with Crippen molar-refractivity contribution in [2.75, 3.05) is 6.61 Å². The number of fused-ring (bicyclic) bond motifs is 1. The van der Waals surface area contributed by atoms with Gasteiger partial charge in [-0.2, -0.15) is 5.10 Å². The second-order valence-electron chi connectivity index (χ2n) is 3.87. The average Bonchev–Trinajstić information content (AvgIpc) is 2.96. The van der Waals surface area contributed by atoms with E-state index in [1.165, 1.54) is 0 Å². The van der Waals surface area contributed by atoms with Crippen molar-refractivity contribution in [3.05, 3.63) is 42.8 Å². The number of aromatic nitrogens is 2. The van der Waals surface area contributed by atoms with Gasteiger partial charge in [0.25, 0.3) is 0 Å². The number of aliphatic hydroxyl groups is 1. The van der Waals surface area contributed by atoms with Gasteiger partial charge in [0.15, 0.2) is 0 Å². The van der Waals surface area contributed by atoms with E-state index < -0.39 is 0 Å². The Balaban J connectivity index is 2.06. The minimum Gasteiger partial charge on any atom is -0.464 e. The van der Waals surface area contributed by atoms with Crippen LogP contribution in [0.5, 0.6) is 0 Å². The van der Waals surface area contributed by atoms with Crippen LogP contribution in [0, 0.1) is 0 Å². The fraction of sp³-hybridized carbons (Fsp3) is 0.154. The molecule has 4 nitrogen and oxygen atoms in total. The van der Waals surface area contributed by atoms with Crippen LogP contribution in [0.3, 0.4) is 0 Å². The lowest BCUT2D eigenvalue weighted by molar-refractivity contribution is 0.270. The zero-order chi connectivity index (χ0) is 11.7. The Morgan fingerprint density at radius 3 is 3.00 bits per heavy atom. The molecule has 3 aromatic rings. The van der Waals surface area contributed by atoms with Crippen LogP contribution >= 0.6 is 0 Å². The summed E-state index contributed by atoms with van der Waals surface area (Å²) in [6.07, 6.45) is 3.59. The third-order valence-electron chi connectivity index (χ3n) is 2.69. The maximum absolute atomic E-state index is 8.87. The highest BCUT2D eigenvalue weighted by atomic mass is 16.3. The van der Waals surface area contributed by atoms with Crippen LogP contribution < -0.4 is 0 Å². The van der Waals surface area contributed by atoms with Crippen molar-refractivity contribution in [1.82, 2.24) is 9.78 Å². The maximum Gasteiger partial charge on any atom is 0.133 e. The molecule has 0 unspecified atom stereocenters. The normalized spacial score (nSPS) is 11.1. The lowest BCUT2D eigenvalue weighted by atomic mass is 10.1. The first-order valence-corrected chi connectivity index (χ1v) is 5.49. The molecule has 4 heteroatoms. The Hall–Kier alpha value is -2.07. The molecule has 0 radical (unpaired) electrons. The molecule has 0 aliphatic carbocycles.